The molecule has 16 heavy (non-hydrogen) atoms. The van der Waals surface area contributed by atoms with E-state index >= 15 is 0 Å². The monoisotopic (exact) mass is 239 g/mol. The molecule has 0 spiro atoms. The van der Waals surface area contributed by atoms with E-state index < -0.39 is 0 Å². The predicted octanol–water partition coefficient (Wildman–Crippen LogP) is 2.31. The van der Waals surface area contributed by atoms with E-state index in [1.54, 1.807) is 0 Å². The highest BCUT2D eigenvalue weighted by Crippen LogP contribution is 2.06. The number of rotatable bonds is 7. The molecule has 0 unspecified atom stereocenters. The van der Waals surface area contributed by atoms with Gasteiger partial charge in [0.25, 0.3) is 0 Å². The third kappa shape index (κ3) is 4.86. The lowest BCUT2D eigenvalue weighted by Gasteiger charge is -2.15. The van der Waals surface area contributed by atoms with Gasteiger partial charge in [0.1, 0.15) is 5.82 Å². The number of anilines is 1. The number of pyridine rings is 1. The Kier molecular flexibility index (Phi) is 6.26. The molecule has 0 aliphatic heterocycles. The van der Waals surface area contributed by atoms with Crippen LogP contribution in [0, 0.1) is 0 Å². The third-order valence-corrected chi connectivity index (χ3v) is 2.86. The molecule has 0 atom stereocenters. The number of thioether (sulfide) groups is 1. The standard InChI is InChI=1S/C12H21N3S/c1-4-13-12-7-5-6-11(14-12)10-15(2)8-9-16-3/h5-7H,4,8-10H2,1-3H3,(H,13,14). The van der Waals surface area contributed by atoms with Crippen molar-refractivity contribution in [2.24, 2.45) is 0 Å². The van der Waals surface area contributed by atoms with Crippen molar-refractivity contribution in [3.05, 3.63) is 23.9 Å². The van der Waals surface area contributed by atoms with Crippen LogP contribution in [0.5, 0.6) is 0 Å². The SMILES string of the molecule is CCNc1cccc(CN(C)CCSC)n1. The van der Waals surface area contributed by atoms with E-state index in [2.05, 4.69) is 47.6 Å². The zero-order chi connectivity index (χ0) is 11.8. The summed E-state index contributed by atoms with van der Waals surface area (Å²) in [5.41, 5.74) is 1.13. The fourth-order valence-corrected chi connectivity index (χ4v) is 1.94. The van der Waals surface area contributed by atoms with Crippen molar-refractivity contribution < 1.29 is 0 Å². The minimum absolute atomic E-state index is 0.915. The van der Waals surface area contributed by atoms with Gasteiger partial charge in [-0.25, -0.2) is 4.98 Å². The molecule has 0 aromatic carbocycles. The normalized spacial score (nSPS) is 10.8. The molecule has 1 heterocycles. The quantitative estimate of drug-likeness (QED) is 0.790. The summed E-state index contributed by atoms with van der Waals surface area (Å²) in [6.07, 6.45) is 2.14. The van der Waals surface area contributed by atoms with Crippen LogP contribution in [0.3, 0.4) is 0 Å². The highest BCUT2D eigenvalue weighted by Gasteiger charge is 2.01. The number of hydrogen-bond donors (Lipinski definition) is 1. The van der Waals surface area contributed by atoms with Crippen molar-refractivity contribution in [3.63, 3.8) is 0 Å². The van der Waals surface area contributed by atoms with Crippen LogP contribution in [0.4, 0.5) is 5.82 Å². The smallest absolute Gasteiger partial charge is 0.126 e. The Hall–Kier alpha value is -0.740. The van der Waals surface area contributed by atoms with E-state index in [-0.39, 0.29) is 0 Å². The van der Waals surface area contributed by atoms with Crippen molar-refractivity contribution >= 4 is 17.6 Å². The summed E-state index contributed by atoms with van der Waals surface area (Å²) in [6.45, 7) is 5.02. The van der Waals surface area contributed by atoms with Gasteiger partial charge in [-0.3, -0.25) is 4.90 Å². The van der Waals surface area contributed by atoms with Crippen LogP contribution >= 0.6 is 11.8 Å². The predicted molar refractivity (Wildman–Crippen MR) is 73.1 cm³/mol. The number of nitrogens with one attached hydrogen (secondary N) is 1. The molecule has 1 rings (SSSR count). The van der Waals surface area contributed by atoms with Gasteiger partial charge in [-0.2, -0.15) is 11.8 Å². The van der Waals surface area contributed by atoms with Crippen LogP contribution in [0.25, 0.3) is 0 Å². The van der Waals surface area contributed by atoms with Crippen LogP contribution in [-0.4, -0.2) is 42.0 Å². The Balaban J connectivity index is 2.49. The van der Waals surface area contributed by atoms with Gasteiger partial charge < -0.3 is 5.32 Å². The molecule has 0 aliphatic carbocycles. The Morgan fingerprint density at radius 2 is 2.25 bits per heavy atom. The Morgan fingerprint density at radius 3 is 2.94 bits per heavy atom. The van der Waals surface area contributed by atoms with E-state index in [0.29, 0.717) is 0 Å². The largest absolute Gasteiger partial charge is 0.370 e. The third-order valence-electron chi connectivity index (χ3n) is 2.27. The molecular weight excluding hydrogens is 218 g/mol. The van der Waals surface area contributed by atoms with Crippen molar-refractivity contribution in [1.29, 1.82) is 0 Å². The molecule has 0 radical (unpaired) electrons. The molecule has 1 N–H and O–H groups in total. The minimum atomic E-state index is 0.915. The van der Waals surface area contributed by atoms with Crippen molar-refractivity contribution in [3.8, 4) is 0 Å². The van der Waals surface area contributed by atoms with Gasteiger partial charge in [0.05, 0.1) is 5.69 Å². The summed E-state index contributed by atoms with van der Waals surface area (Å²) in [4.78, 5) is 6.85. The molecule has 0 bridgehead atoms. The first-order valence-corrected chi connectivity index (χ1v) is 7.03. The molecular formula is C12H21N3S. The molecule has 90 valence electrons. The molecule has 1 aromatic heterocycles. The first-order valence-electron chi connectivity index (χ1n) is 5.63. The van der Waals surface area contributed by atoms with Crippen LogP contribution in [0.1, 0.15) is 12.6 Å². The fourth-order valence-electron chi connectivity index (χ4n) is 1.45. The zero-order valence-electron chi connectivity index (χ0n) is 10.4. The van der Waals surface area contributed by atoms with Gasteiger partial charge in [-0.05, 0) is 32.4 Å². The average Bonchev–Trinajstić information content (AvgIpc) is 2.27. The van der Waals surface area contributed by atoms with Gasteiger partial charge in [0, 0.05) is 25.4 Å². The number of nitrogens with zero attached hydrogens (tertiary/aromatic N) is 2. The van der Waals surface area contributed by atoms with Crippen LogP contribution in [0.2, 0.25) is 0 Å². The lowest BCUT2D eigenvalue weighted by molar-refractivity contribution is 0.344. The van der Waals surface area contributed by atoms with E-state index in [9.17, 15) is 0 Å². The summed E-state index contributed by atoms with van der Waals surface area (Å²) < 4.78 is 0. The van der Waals surface area contributed by atoms with Gasteiger partial charge in [-0.15, -0.1) is 0 Å². The molecule has 1 aromatic rings. The van der Waals surface area contributed by atoms with Gasteiger partial charge in [0.15, 0.2) is 0 Å². The fraction of sp³-hybridized carbons (Fsp3) is 0.583. The summed E-state index contributed by atoms with van der Waals surface area (Å²) in [5, 5.41) is 3.23. The lowest BCUT2D eigenvalue weighted by atomic mass is 10.3. The van der Waals surface area contributed by atoms with Crippen LogP contribution in [0.15, 0.2) is 18.2 Å². The maximum absolute atomic E-state index is 4.55. The van der Waals surface area contributed by atoms with E-state index in [4.69, 9.17) is 0 Å². The molecule has 0 saturated carbocycles. The first-order chi connectivity index (χ1) is 7.76. The van der Waals surface area contributed by atoms with Gasteiger partial charge in [-0.1, -0.05) is 6.07 Å². The zero-order valence-corrected chi connectivity index (χ0v) is 11.2. The topological polar surface area (TPSA) is 28.2 Å². The van der Waals surface area contributed by atoms with Crippen LogP contribution in [-0.2, 0) is 6.54 Å². The first kappa shape index (κ1) is 13.3. The second kappa shape index (κ2) is 7.52. The lowest BCUT2D eigenvalue weighted by Crippen LogP contribution is -2.21. The Bertz CT molecular complexity index is 304. The van der Waals surface area contributed by atoms with Gasteiger partial charge in [0.2, 0.25) is 0 Å². The second-order valence-electron chi connectivity index (χ2n) is 3.78. The van der Waals surface area contributed by atoms with Crippen molar-refractivity contribution in [1.82, 2.24) is 9.88 Å². The van der Waals surface area contributed by atoms with E-state index in [1.807, 2.05) is 17.8 Å². The van der Waals surface area contributed by atoms with Crippen molar-refractivity contribution in [2.75, 3.05) is 37.5 Å². The van der Waals surface area contributed by atoms with Crippen molar-refractivity contribution in [2.45, 2.75) is 13.5 Å². The molecule has 0 amide bonds. The molecule has 0 aliphatic rings. The second-order valence-corrected chi connectivity index (χ2v) is 4.76. The van der Waals surface area contributed by atoms with E-state index in [0.717, 1.165) is 31.1 Å². The highest BCUT2D eigenvalue weighted by molar-refractivity contribution is 7.98. The maximum Gasteiger partial charge on any atom is 0.126 e. The van der Waals surface area contributed by atoms with Gasteiger partial charge >= 0.3 is 0 Å². The molecule has 3 nitrogen and oxygen atoms in total. The summed E-state index contributed by atoms with van der Waals surface area (Å²) >= 11 is 1.88. The summed E-state index contributed by atoms with van der Waals surface area (Å²) in [5.74, 6) is 2.14. The molecule has 0 fully saturated rings. The Labute approximate surface area is 103 Å². The number of hydrogen-bond acceptors (Lipinski definition) is 4. The average molecular weight is 239 g/mol. The van der Waals surface area contributed by atoms with Crippen LogP contribution < -0.4 is 5.32 Å². The Morgan fingerprint density at radius 1 is 1.44 bits per heavy atom. The highest BCUT2D eigenvalue weighted by atomic mass is 32.2. The summed E-state index contributed by atoms with van der Waals surface area (Å²) in [6, 6.07) is 6.15. The number of aromatic nitrogens is 1. The minimum Gasteiger partial charge on any atom is -0.370 e. The summed E-state index contributed by atoms with van der Waals surface area (Å²) in [7, 11) is 2.14. The van der Waals surface area contributed by atoms with E-state index in [1.165, 1.54) is 5.75 Å². The molecule has 4 heteroatoms. The maximum atomic E-state index is 4.55. The molecule has 0 saturated heterocycles.